The van der Waals surface area contributed by atoms with E-state index in [2.05, 4.69) is 20.3 Å². The summed E-state index contributed by atoms with van der Waals surface area (Å²) in [6.07, 6.45) is 2.53. The number of hydrogen-bond acceptors (Lipinski definition) is 5. The summed E-state index contributed by atoms with van der Waals surface area (Å²) in [6, 6.07) is 9.30. The van der Waals surface area contributed by atoms with E-state index in [0.29, 0.717) is 22.2 Å². The van der Waals surface area contributed by atoms with Gasteiger partial charge in [0, 0.05) is 17.6 Å². The monoisotopic (exact) mass is 368 g/mol. The maximum atomic E-state index is 12.1. The first-order valence-corrected chi connectivity index (χ1v) is 9.27. The summed E-state index contributed by atoms with van der Waals surface area (Å²) in [6.45, 7) is 1.70. The highest BCUT2D eigenvalue weighted by Gasteiger charge is 2.13. The maximum Gasteiger partial charge on any atom is 0.247 e. The van der Waals surface area contributed by atoms with Crippen LogP contribution in [0.15, 0.2) is 42.6 Å². The Morgan fingerprint density at radius 2 is 1.75 bits per heavy atom. The number of sulfonamides is 1. The average Bonchev–Trinajstić information content (AvgIpc) is 2.50. The van der Waals surface area contributed by atoms with E-state index in [9.17, 15) is 13.2 Å². The number of carbonyl (C=O) groups excluding carboxylic acids is 1. The van der Waals surface area contributed by atoms with Gasteiger partial charge in [0.1, 0.15) is 11.9 Å². The second-order valence-electron chi connectivity index (χ2n) is 5.17. The number of nitrogens with one attached hydrogen (secondary N) is 3. The molecule has 0 bridgehead atoms. The minimum atomic E-state index is -3.32. The second kappa shape index (κ2) is 7.50. The van der Waals surface area contributed by atoms with Gasteiger partial charge in [-0.3, -0.25) is 9.52 Å². The van der Waals surface area contributed by atoms with Crippen molar-refractivity contribution in [1.29, 1.82) is 0 Å². The molecule has 0 saturated carbocycles. The van der Waals surface area contributed by atoms with Crippen molar-refractivity contribution in [2.45, 2.75) is 13.0 Å². The molecule has 24 heavy (non-hydrogen) atoms. The number of halogens is 1. The number of pyridine rings is 1. The lowest BCUT2D eigenvalue weighted by Gasteiger charge is -2.15. The average molecular weight is 369 g/mol. The Balaban J connectivity index is 1.94. The van der Waals surface area contributed by atoms with Crippen molar-refractivity contribution in [1.82, 2.24) is 4.98 Å². The highest BCUT2D eigenvalue weighted by molar-refractivity contribution is 7.92. The van der Waals surface area contributed by atoms with E-state index < -0.39 is 16.1 Å². The Bertz CT molecular complexity index is 808. The van der Waals surface area contributed by atoms with Gasteiger partial charge in [-0.25, -0.2) is 13.4 Å². The summed E-state index contributed by atoms with van der Waals surface area (Å²) < 4.78 is 24.7. The lowest BCUT2D eigenvalue weighted by atomic mass is 10.2. The van der Waals surface area contributed by atoms with Gasteiger partial charge in [-0.2, -0.15) is 0 Å². The zero-order valence-corrected chi connectivity index (χ0v) is 14.6. The molecule has 0 saturated heterocycles. The van der Waals surface area contributed by atoms with Crippen LogP contribution in [-0.4, -0.2) is 31.6 Å². The van der Waals surface area contributed by atoms with Crippen LogP contribution in [0.2, 0.25) is 5.02 Å². The van der Waals surface area contributed by atoms with Crippen LogP contribution in [0.4, 0.5) is 17.2 Å². The maximum absolute atomic E-state index is 12.1. The normalized spacial score (nSPS) is 12.3. The fourth-order valence-corrected chi connectivity index (χ4v) is 2.52. The molecule has 0 radical (unpaired) electrons. The number of nitrogens with zero attached hydrogens (tertiary/aromatic N) is 1. The standard InChI is InChI=1S/C15H17ClN4O3S/c1-10(15(21)19-14-8-3-11(16)9-17-14)18-12-4-6-13(7-5-12)20-24(2,22)23/h3-10,18,20H,1-2H3,(H,17,19,21). The molecule has 1 unspecified atom stereocenters. The molecule has 1 aromatic heterocycles. The van der Waals surface area contributed by atoms with Gasteiger partial charge in [-0.1, -0.05) is 11.6 Å². The van der Waals surface area contributed by atoms with Crippen LogP contribution in [0, 0.1) is 0 Å². The molecular weight excluding hydrogens is 352 g/mol. The van der Waals surface area contributed by atoms with Gasteiger partial charge in [0.2, 0.25) is 15.9 Å². The predicted octanol–water partition coefficient (Wildman–Crippen LogP) is 2.55. The molecule has 0 aliphatic heterocycles. The van der Waals surface area contributed by atoms with Crippen molar-refractivity contribution >= 4 is 44.7 Å². The molecule has 2 rings (SSSR count). The Morgan fingerprint density at radius 3 is 2.29 bits per heavy atom. The Hall–Kier alpha value is -2.32. The molecule has 1 amide bonds. The van der Waals surface area contributed by atoms with Crippen molar-refractivity contribution < 1.29 is 13.2 Å². The van der Waals surface area contributed by atoms with E-state index in [1.807, 2.05) is 0 Å². The molecule has 2 aromatic rings. The van der Waals surface area contributed by atoms with Crippen molar-refractivity contribution in [2.24, 2.45) is 0 Å². The van der Waals surface area contributed by atoms with Gasteiger partial charge < -0.3 is 10.6 Å². The number of amides is 1. The smallest absolute Gasteiger partial charge is 0.247 e. The highest BCUT2D eigenvalue weighted by atomic mass is 35.5. The van der Waals surface area contributed by atoms with E-state index in [0.717, 1.165) is 6.26 Å². The van der Waals surface area contributed by atoms with Crippen molar-refractivity contribution in [2.75, 3.05) is 21.6 Å². The Morgan fingerprint density at radius 1 is 1.12 bits per heavy atom. The molecule has 9 heteroatoms. The fraction of sp³-hybridized carbons (Fsp3) is 0.200. The molecule has 3 N–H and O–H groups in total. The molecular formula is C15H17ClN4O3S. The van der Waals surface area contributed by atoms with Gasteiger partial charge in [0.25, 0.3) is 0 Å². The fourth-order valence-electron chi connectivity index (χ4n) is 1.85. The van der Waals surface area contributed by atoms with Crippen LogP contribution in [0.5, 0.6) is 0 Å². The molecule has 0 aliphatic carbocycles. The van der Waals surface area contributed by atoms with Crippen molar-refractivity contribution in [3.05, 3.63) is 47.6 Å². The van der Waals surface area contributed by atoms with Crippen LogP contribution in [0.3, 0.4) is 0 Å². The minimum absolute atomic E-state index is 0.261. The molecule has 0 spiro atoms. The topological polar surface area (TPSA) is 100 Å². The summed E-state index contributed by atoms with van der Waals surface area (Å²) in [5.41, 5.74) is 1.13. The van der Waals surface area contributed by atoms with Gasteiger partial charge in [0.05, 0.1) is 11.3 Å². The first-order valence-electron chi connectivity index (χ1n) is 7.00. The molecule has 1 heterocycles. The lowest BCUT2D eigenvalue weighted by molar-refractivity contribution is -0.116. The minimum Gasteiger partial charge on any atom is -0.374 e. The predicted molar refractivity (Wildman–Crippen MR) is 95.9 cm³/mol. The number of rotatable bonds is 6. The SMILES string of the molecule is CC(Nc1ccc(NS(C)(=O)=O)cc1)C(=O)Nc1ccc(Cl)cn1. The molecule has 1 aromatic carbocycles. The van der Waals surface area contributed by atoms with Gasteiger partial charge in [-0.15, -0.1) is 0 Å². The van der Waals surface area contributed by atoms with Crippen molar-refractivity contribution in [3.8, 4) is 0 Å². The third kappa shape index (κ3) is 5.71. The van der Waals surface area contributed by atoms with Gasteiger partial charge >= 0.3 is 0 Å². The van der Waals surface area contributed by atoms with Crippen molar-refractivity contribution in [3.63, 3.8) is 0 Å². The summed E-state index contributed by atoms with van der Waals surface area (Å²) in [4.78, 5) is 16.1. The third-order valence-electron chi connectivity index (χ3n) is 2.94. The molecule has 128 valence electrons. The first-order chi connectivity index (χ1) is 11.2. The number of benzene rings is 1. The van der Waals surface area contributed by atoms with Gasteiger partial charge in [0.15, 0.2) is 0 Å². The summed E-state index contributed by atoms with van der Waals surface area (Å²) in [5, 5.41) is 6.18. The summed E-state index contributed by atoms with van der Waals surface area (Å²) in [7, 11) is -3.32. The van der Waals surface area contributed by atoms with Crippen LogP contribution in [0.1, 0.15) is 6.92 Å². The van der Waals surface area contributed by atoms with Gasteiger partial charge in [-0.05, 0) is 43.3 Å². The van der Waals surface area contributed by atoms with E-state index >= 15 is 0 Å². The molecule has 7 nitrogen and oxygen atoms in total. The Kier molecular flexibility index (Phi) is 5.63. The van der Waals surface area contributed by atoms with E-state index in [1.165, 1.54) is 6.20 Å². The summed E-state index contributed by atoms with van der Waals surface area (Å²) >= 11 is 5.74. The first kappa shape index (κ1) is 18.0. The molecule has 1 atom stereocenters. The van der Waals surface area contributed by atoms with Crippen LogP contribution < -0.4 is 15.4 Å². The number of aromatic nitrogens is 1. The van der Waals surface area contributed by atoms with E-state index in [4.69, 9.17) is 11.6 Å². The van der Waals surface area contributed by atoms with E-state index in [1.54, 1.807) is 43.3 Å². The zero-order chi connectivity index (χ0) is 17.7. The van der Waals surface area contributed by atoms with Crippen LogP contribution in [-0.2, 0) is 14.8 Å². The number of carbonyl (C=O) groups is 1. The number of anilines is 3. The second-order valence-corrected chi connectivity index (χ2v) is 7.35. The Labute approximate surface area is 145 Å². The highest BCUT2D eigenvalue weighted by Crippen LogP contribution is 2.16. The zero-order valence-electron chi connectivity index (χ0n) is 13.1. The quantitative estimate of drug-likeness (QED) is 0.727. The molecule has 0 fully saturated rings. The number of hydrogen-bond donors (Lipinski definition) is 3. The van der Waals surface area contributed by atoms with Crippen LogP contribution >= 0.6 is 11.6 Å². The largest absolute Gasteiger partial charge is 0.374 e. The lowest BCUT2D eigenvalue weighted by Crippen LogP contribution is -2.32. The third-order valence-corrected chi connectivity index (χ3v) is 3.77. The van der Waals surface area contributed by atoms with E-state index in [-0.39, 0.29) is 5.91 Å². The molecule has 0 aliphatic rings. The summed E-state index contributed by atoms with van der Waals surface area (Å²) in [5.74, 6) is 0.147. The van der Waals surface area contributed by atoms with Crippen LogP contribution in [0.25, 0.3) is 0 Å².